The fraction of sp³-hybridized carbons (Fsp3) is 0.0476. The molecule has 0 aliphatic heterocycles. The number of hydrogen-bond acceptors (Lipinski definition) is 5. The van der Waals surface area contributed by atoms with Gasteiger partial charge in [0.2, 0.25) is 5.13 Å². The fourth-order valence-electron chi connectivity index (χ4n) is 2.51. The van der Waals surface area contributed by atoms with E-state index >= 15 is 0 Å². The Bertz CT molecular complexity index is 1040. The molecule has 0 amide bonds. The van der Waals surface area contributed by atoms with Gasteiger partial charge in [-0.2, -0.15) is 5.10 Å². The summed E-state index contributed by atoms with van der Waals surface area (Å²) in [6.07, 6.45) is 1.76. The molecule has 0 aliphatic carbocycles. The lowest BCUT2D eigenvalue weighted by Crippen LogP contribution is -1.96. The van der Waals surface area contributed by atoms with Crippen LogP contribution in [0.2, 0.25) is 0 Å². The molecule has 4 aromatic rings. The number of halogens is 1. The lowest BCUT2D eigenvalue weighted by molar-refractivity contribution is 0.306. The summed E-state index contributed by atoms with van der Waals surface area (Å²) in [5.41, 5.74) is 6.05. The highest BCUT2D eigenvalue weighted by Crippen LogP contribution is 2.25. The molecule has 1 N–H and O–H groups in total. The van der Waals surface area contributed by atoms with E-state index in [4.69, 9.17) is 4.74 Å². The molecular formula is C21H16BrN3OS. The van der Waals surface area contributed by atoms with Gasteiger partial charge in [-0.3, -0.25) is 5.43 Å². The fourth-order valence-corrected chi connectivity index (χ4v) is 3.59. The van der Waals surface area contributed by atoms with E-state index in [1.807, 2.05) is 72.8 Å². The standard InChI is InChI=1S/C21H16BrN3OS/c22-17-10-8-15(9-11-17)14-26-18-5-3-4-16(12-18)13-23-25-21-24-19-6-1-2-7-20(19)27-21/h1-13H,14H2,(H,24,25)/b23-13-. The third kappa shape index (κ3) is 4.72. The van der Waals surface area contributed by atoms with Crippen LogP contribution in [0.3, 0.4) is 0 Å². The lowest BCUT2D eigenvalue weighted by atomic mass is 10.2. The molecule has 134 valence electrons. The smallest absolute Gasteiger partial charge is 0.204 e. The van der Waals surface area contributed by atoms with E-state index < -0.39 is 0 Å². The Morgan fingerprint density at radius 1 is 1.04 bits per heavy atom. The Morgan fingerprint density at radius 3 is 2.74 bits per heavy atom. The Kier molecular flexibility index (Phi) is 5.46. The van der Waals surface area contributed by atoms with Crippen molar-refractivity contribution >= 4 is 48.8 Å². The first-order valence-corrected chi connectivity index (χ1v) is 9.99. The van der Waals surface area contributed by atoms with Crippen molar-refractivity contribution in [2.75, 3.05) is 5.43 Å². The second-order valence-electron chi connectivity index (χ2n) is 5.84. The Morgan fingerprint density at radius 2 is 1.89 bits per heavy atom. The van der Waals surface area contributed by atoms with Gasteiger partial charge in [0.15, 0.2) is 0 Å². The highest BCUT2D eigenvalue weighted by Gasteiger charge is 2.01. The zero-order chi connectivity index (χ0) is 18.5. The van der Waals surface area contributed by atoms with Gasteiger partial charge in [-0.25, -0.2) is 4.98 Å². The van der Waals surface area contributed by atoms with E-state index in [9.17, 15) is 0 Å². The number of thiazole rings is 1. The topological polar surface area (TPSA) is 46.5 Å². The number of ether oxygens (including phenoxy) is 1. The van der Waals surface area contributed by atoms with Crippen molar-refractivity contribution in [2.24, 2.45) is 5.10 Å². The number of hydrogen-bond donors (Lipinski definition) is 1. The molecule has 0 unspecified atom stereocenters. The van der Waals surface area contributed by atoms with Crippen molar-refractivity contribution in [2.45, 2.75) is 6.61 Å². The maximum atomic E-state index is 5.87. The summed E-state index contributed by atoms with van der Waals surface area (Å²) in [5.74, 6) is 0.807. The third-order valence-corrected chi connectivity index (χ3v) is 5.31. The molecule has 4 rings (SSSR count). The lowest BCUT2D eigenvalue weighted by Gasteiger charge is -2.07. The van der Waals surface area contributed by atoms with Crippen molar-refractivity contribution in [3.8, 4) is 5.75 Å². The summed E-state index contributed by atoms with van der Waals surface area (Å²) in [5, 5.41) is 5.06. The number of para-hydroxylation sites is 1. The summed E-state index contributed by atoms with van der Waals surface area (Å²) in [4.78, 5) is 4.50. The minimum atomic E-state index is 0.526. The number of aromatic nitrogens is 1. The minimum absolute atomic E-state index is 0.526. The molecule has 0 aliphatic rings. The van der Waals surface area contributed by atoms with E-state index in [0.717, 1.165) is 36.7 Å². The molecule has 0 radical (unpaired) electrons. The molecular weight excluding hydrogens is 422 g/mol. The molecule has 1 heterocycles. The summed E-state index contributed by atoms with van der Waals surface area (Å²) < 4.78 is 8.07. The number of anilines is 1. The van der Waals surface area contributed by atoms with E-state index in [1.54, 1.807) is 17.6 Å². The number of fused-ring (bicyclic) bond motifs is 1. The third-order valence-electron chi connectivity index (χ3n) is 3.84. The number of benzene rings is 3. The van der Waals surface area contributed by atoms with E-state index in [-0.39, 0.29) is 0 Å². The van der Waals surface area contributed by atoms with Gasteiger partial charge in [0.05, 0.1) is 16.4 Å². The maximum Gasteiger partial charge on any atom is 0.204 e. The van der Waals surface area contributed by atoms with Crippen molar-refractivity contribution in [1.82, 2.24) is 4.98 Å². The molecule has 0 bridgehead atoms. The van der Waals surface area contributed by atoms with Crippen LogP contribution in [0.4, 0.5) is 5.13 Å². The van der Waals surface area contributed by atoms with Gasteiger partial charge in [0, 0.05) is 4.47 Å². The molecule has 4 nitrogen and oxygen atoms in total. The Hall–Kier alpha value is -2.70. The van der Waals surface area contributed by atoms with Gasteiger partial charge >= 0.3 is 0 Å². The van der Waals surface area contributed by atoms with Gasteiger partial charge in [-0.05, 0) is 47.5 Å². The summed E-state index contributed by atoms with van der Waals surface area (Å²) in [6, 6.07) is 24.0. The average molecular weight is 438 g/mol. The molecule has 1 aromatic heterocycles. The molecule has 3 aromatic carbocycles. The number of rotatable bonds is 6. The van der Waals surface area contributed by atoms with E-state index in [2.05, 4.69) is 31.4 Å². The SMILES string of the molecule is Brc1ccc(COc2cccc(/C=N\Nc3nc4ccccc4s3)c2)cc1. The zero-order valence-electron chi connectivity index (χ0n) is 14.3. The molecule has 27 heavy (non-hydrogen) atoms. The molecule has 0 fully saturated rings. The van der Waals surface area contributed by atoms with Gasteiger partial charge in [-0.1, -0.05) is 63.7 Å². The van der Waals surface area contributed by atoms with Gasteiger partial charge in [0.1, 0.15) is 12.4 Å². The van der Waals surface area contributed by atoms with Crippen LogP contribution in [0.25, 0.3) is 10.2 Å². The van der Waals surface area contributed by atoms with Crippen molar-refractivity contribution in [1.29, 1.82) is 0 Å². The number of nitrogens with zero attached hydrogens (tertiary/aromatic N) is 2. The monoisotopic (exact) mass is 437 g/mol. The average Bonchev–Trinajstić information content (AvgIpc) is 3.11. The highest BCUT2D eigenvalue weighted by molar-refractivity contribution is 9.10. The minimum Gasteiger partial charge on any atom is -0.489 e. The molecule has 0 saturated heterocycles. The molecule has 0 spiro atoms. The van der Waals surface area contributed by atoms with Crippen LogP contribution in [0.1, 0.15) is 11.1 Å². The molecule has 0 atom stereocenters. The highest BCUT2D eigenvalue weighted by atomic mass is 79.9. The van der Waals surface area contributed by atoms with Gasteiger partial charge in [0.25, 0.3) is 0 Å². The van der Waals surface area contributed by atoms with Crippen LogP contribution in [0.15, 0.2) is 82.4 Å². The predicted octanol–water partition coefficient (Wildman–Crippen LogP) is 6.08. The first kappa shape index (κ1) is 17.7. The maximum absolute atomic E-state index is 5.87. The predicted molar refractivity (Wildman–Crippen MR) is 116 cm³/mol. The largest absolute Gasteiger partial charge is 0.489 e. The van der Waals surface area contributed by atoms with Crippen molar-refractivity contribution < 1.29 is 4.74 Å². The Balaban J connectivity index is 1.38. The van der Waals surface area contributed by atoms with Crippen molar-refractivity contribution in [3.05, 3.63) is 88.4 Å². The quantitative estimate of drug-likeness (QED) is 0.293. The first-order valence-electron chi connectivity index (χ1n) is 8.38. The molecule has 0 saturated carbocycles. The van der Waals surface area contributed by atoms with Gasteiger partial charge < -0.3 is 4.74 Å². The van der Waals surface area contributed by atoms with Crippen LogP contribution in [-0.4, -0.2) is 11.2 Å². The molecule has 6 heteroatoms. The van der Waals surface area contributed by atoms with Crippen LogP contribution in [0.5, 0.6) is 5.75 Å². The van der Waals surface area contributed by atoms with E-state index in [1.165, 1.54) is 0 Å². The summed E-state index contributed by atoms with van der Waals surface area (Å²) >= 11 is 5.01. The Labute approximate surface area is 169 Å². The second kappa shape index (κ2) is 8.33. The van der Waals surface area contributed by atoms with Crippen LogP contribution >= 0.6 is 27.3 Å². The van der Waals surface area contributed by atoms with Crippen molar-refractivity contribution in [3.63, 3.8) is 0 Å². The summed E-state index contributed by atoms with van der Waals surface area (Å²) in [7, 11) is 0. The number of hydrazone groups is 1. The normalized spacial score (nSPS) is 11.1. The second-order valence-corrected chi connectivity index (χ2v) is 7.79. The first-order chi connectivity index (χ1) is 13.3. The number of nitrogens with one attached hydrogen (secondary N) is 1. The van der Waals surface area contributed by atoms with Gasteiger partial charge in [-0.15, -0.1) is 0 Å². The zero-order valence-corrected chi connectivity index (χ0v) is 16.7. The van der Waals surface area contributed by atoms with Crippen LogP contribution < -0.4 is 10.2 Å². The summed E-state index contributed by atoms with van der Waals surface area (Å²) in [6.45, 7) is 0.526. The van der Waals surface area contributed by atoms with E-state index in [0.29, 0.717) is 6.61 Å². The van der Waals surface area contributed by atoms with Crippen LogP contribution in [-0.2, 0) is 6.61 Å². The van der Waals surface area contributed by atoms with Crippen LogP contribution in [0, 0.1) is 0 Å².